The topological polar surface area (TPSA) is 15.3 Å². The van der Waals surface area contributed by atoms with Crippen LogP contribution in [-0.2, 0) is 0 Å². The fraction of sp³-hybridized carbons (Fsp3) is 0.857. The van der Waals surface area contributed by atoms with Gasteiger partial charge in [0, 0.05) is 25.2 Å². The van der Waals surface area contributed by atoms with E-state index in [9.17, 15) is 0 Å². The predicted molar refractivity (Wildman–Crippen MR) is 73.9 cm³/mol. The van der Waals surface area contributed by atoms with Crippen LogP contribution < -0.4 is 5.32 Å². The van der Waals surface area contributed by atoms with Crippen LogP contribution in [0.2, 0.25) is 0 Å². The second-order valence-corrected chi connectivity index (χ2v) is 4.79. The number of nitrogens with zero attached hydrogens (tertiary/aromatic N) is 1. The summed E-state index contributed by atoms with van der Waals surface area (Å²) in [6, 6.07) is 1.23. The Hall–Kier alpha value is -0.340. The summed E-state index contributed by atoms with van der Waals surface area (Å²) in [7, 11) is 0. The van der Waals surface area contributed by atoms with Gasteiger partial charge in [-0.2, -0.15) is 0 Å². The van der Waals surface area contributed by atoms with E-state index in [0.29, 0.717) is 12.1 Å². The van der Waals surface area contributed by atoms with Gasteiger partial charge < -0.3 is 5.32 Å². The molecule has 0 aliphatic carbocycles. The fourth-order valence-corrected chi connectivity index (χ4v) is 1.99. The molecule has 0 bridgehead atoms. The van der Waals surface area contributed by atoms with E-state index >= 15 is 0 Å². The molecule has 0 aliphatic heterocycles. The summed E-state index contributed by atoms with van der Waals surface area (Å²) in [5.41, 5.74) is 0. The van der Waals surface area contributed by atoms with Gasteiger partial charge in [0.2, 0.25) is 0 Å². The van der Waals surface area contributed by atoms with E-state index in [0.717, 1.165) is 13.1 Å². The Morgan fingerprint density at radius 3 is 2.38 bits per heavy atom. The van der Waals surface area contributed by atoms with Crippen molar-refractivity contribution in [2.24, 2.45) is 0 Å². The first kappa shape index (κ1) is 15.7. The monoisotopic (exact) mass is 226 g/mol. The van der Waals surface area contributed by atoms with E-state index in [1.54, 1.807) is 0 Å². The van der Waals surface area contributed by atoms with E-state index in [1.807, 2.05) is 6.08 Å². The molecule has 0 spiro atoms. The lowest BCUT2D eigenvalue weighted by Crippen LogP contribution is -2.44. The normalized spacial score (nSPS) is 13.4. The molecule has 96 valence electrons. The SMILES string of the molecule is C=CCN(CCC)C(CCC)CNC(C)C. The number of hydrogen-bond donors (Lipinski definition) is 1. The van der Waals surface area contributed by atoms with Gasteiger partial charge in [-0.3, -0.25) is 4.90 Å². The lowest BCUT2D eigenvalue weighted by molar-refractivity contribution is 0.197. The maximum atomic E-state index is 3.86. The highest BCUT2D eigenvalue weighted by Crippen LogP contribution is 2.07. The van der Waals surface area contributed by atoms with Crippen LogP contribution in [0.15, 0.2) is 12.7 Å². The Kier molecular flexibility index (Phi) is 9.65. The minimum absolute atomic E-state index is 0.576. The van der Waals surface area contributed by atoms with Crippen LogP contribution >= 0.6 is 0 Å². The minimum atomic E-state index is 0.576. The van der Waals surface area contributed by atoms with Crippen molar-refractivity contribution in [1.82, 2.24) is 10.2 Å². The van der Waals surface area contributed by atoms with Crippen LogP contribution in [0.1, 0.15) is 47.0 Å². The second-order valence-electron chi connectivity index (χ2n) is 4.79. The molecule has 0 amide bonds. The largest absolute Gasteiger partial charge is 0.313 e. The third-order valence-electron chi connectivity index (χ3n) is 2.77. The van der Waals surface area contributed by atoms with Crippen molar-refractivity contribution < 1.29 is 0 Å². The molecule has 0 aromatic heterocycles. The van der Waals surface area contributed by atoms with Gasteiger partial charge in [-0.1, -0.05) is 40.2 Å². The van der Waals surface area contributed by atoms with Crippen LogP contribution in [-0.4, -0.2) is 36.6 Å². The molecule has 0 heterocycles. The van der Waals surface area contributed by atoms with Crippen LogP contribution in [0.3, 0.4) is 0 Å². The zero-order valence-corrected chi connectivity index (χ0v) is 11.6. The highest BCUT2D eigenvalue weighted by molar-refractivity contribution is 4.81. The molecule has 1 N–H and O–H groups in total. The van der Waals surface area contributed by atoms with Gasteiger partial charge in [0.05, 0.1) is 0 Å². The average molecular weight is 226 g/mol. The van der Waals surface area contributed by atoms with Crippen molar-refractivity contribution in [3.05, 3.63) is 12.7 Å². The Morgan fingerprint density at radius 2 is 1.94 bits per heavy atom. The molecule has 0 aromatic rings. The minimum Gasteiger partial charge on any atom is -0.313 e. The molecule has 0 rings (SSSR count). The zero-order chi connectivity index (χ0) is 12.4. The molecular weight excluding hydrogens is 196 g/mol. The maximum absolute atomic E-state index is 3.86. The Balaban J connectivity index is 4.24. The van der Waals surface area contributed by atoms with Gasteiger partial charge in [0.1, 0.15) is 0 Å². The third kappa shape index (κ3) is 7.02. The molecule has 0 aromatic carbocycles. The van der Waals surface area contributed by atoms with E-state index in [1.165, 1.54) is 25.8 Å². The first-order valence-corrected chi connectivity index (χ1v) is 6.73. The van der Waals surface area contributed by atoms with Crippen molar-refractivity contribution in [2.75, 3.05) is 19.6 Å². The van der Waals surface area contributed by atoms with Gasteiger partial charge in [-0.05, 0) is 19.4 Å². The van der Waals surface area contributed by atoms with Gasteiger partial charge in [-0.25, -0.2) is 0 Å². The fourth-order valence-electron chi connectivity index (χ4n) is 1.99. The third-order valence-corrected chi connectivity index (χ3v) is 2.77. The Labute approximate surface area is 102 Å². The average Bonchev–Trinajstić information content (AvgIpc) is 2.24. The summed E-state index contributed by atoms with van der Waals surface area (Å²) in [5.74, 6) is 0. The molecule has 1 unspecified atom stereocenters. The molecule has 2 heteroatoms. The van der Waals surface area contributed by atoms with Crippen LogP contribution in [0.25, 0.3) is 0 Å². The van der Waals surface area contributed by atoms with Gasteiger partial charge >= 0.3 is 0 Å². The maximum Gasteiger partial charge on any atom is 0.0223 e. The summed E-state index contributed by atoms with van der Waals surface area (Å²) >= 11 is 0. The summed E-state index contributed by atoms with van der Waals surface area (Å²) in [5, 5.41) is 3.55. The van der Waals surface area contributed by atoms with Crippen LogP contribution in [0, 0.1) is 0 Å². The molecule has 1 atom stereocenters. The smallest absolute Gasteiger partial charge is 0.0223 e. The zero-order valence-electron chi connectivity index (χ0n) is 11.6. The van der Waals surface area contributed by atoms with Crippen molar-refractivity contribution in [2.45, 2.75) is 59.0 Å². The lowest BCUT2D eigenvalue weighted by atomic mass is 10.1. The van der Waals surface area contributed by atoms with Crippen molar-refractivity contribution in [3.8, 4) is 0 Å². The Bertz CT molecular complexity index is 166. The van der Waals surface area contributed by atoms with Crippen molar-refractivity contribution in [1.29, 1.82) is 0 Å². The van der Waals surface area contributed by atoms with E-state index < -0.39 is 0 Å². The van der Waals surface area contributed by atoms with Gasteiger partial charge in [0.25, 0.3) is 0 Å². The highest BCUT2D eigenvalue weighted by Gasteiger charge is 2.15. The first-order valence-electron chi connectivity index (χ1n) is 6.73. The number of rotatable bonds is 10. The lowest BCUT2D eigenvalue weighted by Gasteiger charge is -2.31. The standard InChI is InChI=1S/C14H30N2/c1-6-9-14(12-15-13(4)5)16(10-7-2)11-8-3/h7,13-15H,2,6,8-12H2,1,3-5H3. The van der Waals surface area contributed by atoms with Crippen molar-refractivity contribution in [3.63, 3.8) is 0 Å². The summed E-state index contributed by atoms with van der Waals surface area (Å²) < 4.78 is 0. The molecule has 0 radical (unpaired) electrons. The molecule has 2 nitrogen and oxygen atoms in total. The van der Waals surface area contributed by atoms with Gasteiger partial charge in [0.15, 0.2) is 0 Å². The second kappa shape index (κ2) is 9.86. The molecular formula is C14H30N2. The van der Waals surface area contributed by atoms with Crippen molar-refractivity contribution >= 4 is 0 Å². The number of nitrogens with one attached hydrogen (secondary N) is 1. The number of hydrogen-bond acceptors (Lipinski definition) is 2. The van der Waals surface area contributed by atoms with E-state index in [4.69, 9.17) is 0 Å². The summed E-state index contributed by atoms with van der Waals surface area (Å²) in [6.45, 7) is 16.1. The Morgan fingerprint density at radius 1 is 1.25 bits per heavy atom. The quantitative estimate of drug-likeness (QED) is 0.576. The molecule has 0 fully saturated rings. The highest BCUT2D eigenvalue weighted by atomic mass is 15.2. The molecule has 0 saturated heterocycles. The van der Waals surface area contributed by atoms with Crippen LogP contribution in [0.4, 0.5) is 0 Å². The van der Waals surface area contributed by atoms with E-state index in [-0.39, 0.29) is 0 Å². The molecule has 0 saturated carbocycles. The molecule has 0 aliphatic rings. The first-order chi connectivity index (χ1) is 7.65. The van der Waals surface area contributed by atoms with Gasteiger partial charge in [-0.15, -0.1) is 6.58 Å². The summed E-state index contributed by atoms with van der Waals surface area (Å²) in [4.78, 5) is 2.55. The van der Waals surface area contributed by atoms with Crippen LogP contribution in [0.5, 0.6) is 0 Å². The van der Waals surface area contributed by atoms with E-state index in [2.05, 4.69) is 44.5 Å². The summed E-state index contributed by atoms with van der Waals surface area (Å²) in [6.07, 6.45) is 5.76. The predicted octanol–water partition coefficient (Wildman–Crippen LogP) is 3.05. The molecule has 16 heavy (non-hydrogen) atoms.